The van der Waals surface area contributed by atoms with Crippen molar-refractivity contribution < 1.29 is 28.8 Å². The predicted octanol–water partition coefficient (Wildman–Crippen LogP) is 4.83. The summed E-state index contributed by atoms with van der Waals surface area (Å²) in [6, 6.07) is 16.3. The van der Waals surface area contributed by atoms with E-state index in [0.29, 0.717) is 48.5 Å². The Kier molecular flexibility index (Phi) is 9.16. The van der Waals surface area contributed by atoms with Crippen LogP contribution in [0.25, 0.3) is 4.85 Å². The van der Waals surface area contributed by atoms with Crippen LogP contribution in [0, 0.1) is 17.9 Å². The fraction of sp³-hybridized carbons (Fsp3) is 0.419. The van der Waals surface area contributed by atoms with Gasteiger partial charge in [-0.05, 0) is 97.7 Å². The van der Waals surface area contributed by atoms with E-state index in [-0.39, 0.29) is 53.5 Å². The molecule has 0 aromatic heterocycles. The first kappa shape index (κ1) is 37.0. The van der Waals surface area contributed by atoms with Crippen LogP contribution in [0.2, 0.25) is 5.02 Å². The minimum absolute atomic E-state index is 0.0385. The normalized spacial score (nSPS) is 23.1. The minimum atomic E-state index is -1.02. The van der Waals surface area contributed by atoms with E-state index >= 15 is 0 Å². The number of ketones is 1. The fourth-order valence-electron chi connectivity index (χ4n) is 9.79. The lowest BCUT2D eigenvalue weighted by Gasteiger charge is -2.40. The van der Waals surface area contributed by atoms with Gasteiger partial charge in [-0.1, -0.05) is 17.7 Å². The second-order valence-electron chi connectivity index (χ2n) is 16.6. The second kappa shape index (κ2) is 14.1. The van der Waals surface area contributed by atoms with Crippen LogP contribution in [0.15, 0.2) is 54.6 Å². The summed E-state index contributed by atoms with van der Waals surface area (Å²) < 4.78 is 0. The zero-order chi connectivity index (χ0) is 39.7. The number of nitrogens with one attached hydrogen (secondary N) is 1. The van der Waals surface area contributed by atoms with Gasteiger partial charge in [0.2, 0.25) is 23.4 Å². The summed E-state index contributed by atoms with van der Waals surface area (Å²) in [5.74, 6) is -2.45. The molecule has 1 unspecified atom stereocenters. The van der Waals surface area contributed by atoms with Crippen molar-refractivity contribution in [3.63, 3.8) is 0 Å². The van der Waals surface area contributed by atoms with Crippen molar-refractivity contribution in [2.75, 3.05) is 49.1 Å². The van der Waals surface area contributed by atoms with Crippen molar-refractivity contribution in [3.8, 4) is 0 Å². The van der Waals surface area contributed by atoms with Gasteiger partial charge in [-0.2, -0.15) is 0 Å². The topological polar surface area (TPSA) is 135 Å². The Morgan fingerprint density at radius 2 is 1.56 bits per heavy atom. The van der Waals surface area contributed by atoms with Gasteiger partial charge in [0.1, 0.15) is 6.04 Å². The molecule has 1 spiro atoms. The van der Waals surface area contributed by atoms with Crippen molar-refractivity contribution in [2.45, 2.75) is 64.2 Å². The number of carbonyl (C=O) groups excluding carboxylic acids is 6. The Labute approximate surface area is 335 Å². The predicted molar refractivity (Wildman–Crippen MR) is 211 cm³/mol. The number of imide groups is 2. The number of likely N-dealkylation sites (tertiary alicyclic amines) is 1. The van der Waals surface area contributed by atoms with Crippen molar-refractivity contribution in [1.82, 2.24) is 20.0 Å². The van der Waals surface area contributed by atoms with Gasteiger partial charge in [0.15, 0.2) is 5.78 Å². The van der Waals surface area contributed by atoms with E-state index in [1.165, 1.54) is 0 Å². The number of amides is 5. The largest absolute Gasteiger partial charge is 0.371 e. The number of nitrogens with zero attached hydrogens (tertiary/aromatic N) is 6. The van der Waals surface area contributed by atoms with Crippen LogP contribution in [0.3, 0.4) is 0 Å². The van der Waals surface area contributed by atoms with E-state index < -0.39 is 29.7 Å². The third kappa shape index (κ3) is 6.54. The average Bonchev–Trinajstić information content (AvgIpc) is 3.80. The van der Waals surface area contributed by atoms with Gasteiger partial charge in [-0.3, -0.25) is 43.9 Å². The van der Waals surface area contributed by atoms with E-state index in [1.807, 2.05) is 41.3 Å². The number of fused-ring (bicyclic) bond motifs is 2. The van der Waals surface area contributed by atoms with E-state index in [1.54, 1.807) is 23.1 Å². The third-order valence-electron chi connectivity index (χ3n) is 13.0. The third-order valence-corrected chi connectivity index (χ3v) is 13.3. The number of anilines is 2. The lowest BCUT2D eigenvalue weighted by Crippen LogP contribution is -2.55. The van der Waals surface area contributed by atoms with Crippen LogP contribution < -0.4 is 15.1 Å². The van der Waals surface area contributed by atoms with Crippen molar-refractivity contribution in [1.29, 1.82) is 0 Å². The summed E-state index contributed by atoms with van der Waals surface area (Å²) >= 11 is 6.37. The molecule has 3 aromatic carbocycles. The summed E-state index contributed by atoms with van der Waals surface area (Å²) in [6.07, 6.45) is 3.42. The molecule has 5 amide bonds. The van der Waals surface area contributed by atoms with Crippen LogP contribution in [0.4, 0.5) is 17.1 Å². The molecule has 292 valence electrons. The maximum atomic E-state index is 13.4. The highest BCUT2D eigenvalue weighted by molar-refractivity contribution is 6.33. The summed E-state index contributed by atoms with van der Waals surface area (Å²) in [6.45, 7) is 14.2. The number of rotatable bonds is 7. The van der Waals surface area contributed by atoms with Crippen molar-refractivity contribution in [2.24, 2.45) is 11.3 Å². The molecule has 6 aliphatic heterocycles. The Bertz CT molecular complexity index is 2250. The molecule has 6 heterocycles. The van der Waals surface area contributed by atoms with Gasteiger partial charge in [-0.15, -0.1) is 0 Å². The number of carbonyl (C=O) groups is 6. The first-order chi connectivity index (χ1) is 27.4. The van der Waals surface area contributed by atoms with Crippen LogP contribution in [0.1, 0.15) is 81.2 Å². The molecule has 0 bridgehead atoms. The highest BCUT2D eigenvalue weighted by atomic mass is 35.5. The molecule has 0 saturated carbocycles. The summed E-state index contributed by atoms with van der Waals surface area (Å²) in [7, 11) is 0. The van der Waals surface area contributed by atoms with E-state index in [0.717, 1.165) is 66.3 Å². The standard InChI is InChI=1S/C43H42ClN7O6/c1-25-18-43(24-50(25)31-7-8-35(45-2)34(44)17-31)11-13-48(14-12-43)30-5-3-26(4-6-30)39(54)29-21-49(22-29)38(53)23-47-19-27-15-32-33(16-28(27)20-47)42(57)51(41(32)56)36-9-10-37(52)46-40(36)55/h3-8,15-17,25,29,36H,9-14,18-24H2,1H3,(H,46,52,55)/t25-,36?/m0/s1. The second-order valence-corrected chi connectivity index (χ2v) is 17.0. The number of Topliss-reactive ketones (excluding diaryl/α,β-unsaturated/α-hetero) is 1. The molecule has 57 heavy (non-hydrogen) atoms. The minimum Gasteiger partial charge on any atom is -0.371 e. The highest BCUT2D eigenvalue weighted by Gasteiger charge is 2.47. The SMILES string of the molecule is [C-]#[N+]c1ccc(N2CC3(CCN(c4ccc(C(=O)C5CN(C(=O)CN6Cc7cc8c(cc7C6)C(=O)N(C6CCC(=O)NC6=O)C8=O)C5)cc4)CC3)C[C@@H]2C)cc1Cl. The quantitative estimate of drug-likeness (QED) is 0.203. The summed E-state index contributed by atoms with van der Waals surface area (Å²) in [4.78, 5) is 90.1. The van der Waals surface area contributed by atoms with Gasteiger partial charge in [-0.25, -0.2) is 4.85 Å². The van der Waals surface area contributed by atoms with Gasteiger partial charge < -0.3 is 14.7 Å². The first-order valence-corrected chi connectivity index (χ1v) is 20.0. The molecule has 9 rings (SSSR count). The smallest absolute Gasteiger partial charge is 0.262 e. The first-order valence-electron chi connectivity index (χ1n) is 19.6. The monoisotopic (exact) mass is 787 g/mol. The van der Waals surface area contributed by atoms with Gasteiger partial charge in [0.05, 0.1) is 30.2 Å². The molecule has 2 atom stereocenters. The van der Waals surface area contributed by atoms with Crippen LogP contribution in [-0.4, -0.2) is 101 Å². The molecule has 13 nitrogen and oxygen atoms in total. The lowest BCUT2D eigenvalue weighted by atomic mass is 9.76. The molecule has 0 radical (unpaired) electrons. The van der Waals surface area contributed by atoms with Gasteiger partial charge in [0, 0.05) is 80.2 Å². The van der Waals surface area contributed by atoms with Crippen LogP contribution in [-0.2, 0) is 27.5 Å². The zero-order valence-corrected chi connectivity index (χ0v) is 32.4. The van der Waals surface area contributed by atoms with E-state index in [9.17, 15) is 28.8 Å². The van der Waals surface area contributed by atoms with Crippen LogP contribution >= 0.6 is 11.6 Å². The molecule has 3 aromatic rings. The van der Waals surface area contributed by atoms with Crippen molar-refractivity contribution in [3.05, 3.63) is 98.9 Å². The van der Waals surface area contributed by atoms with Gasteiger partial charge >= 0.3 is 0 Å². The maximum Gasteiger partial charge on any atom is 0.262 e. The highest BCUT2D eigenvalue weighted by Crippen LogP contribution is 2.46. The Morgan fingerprint density at radius 3 is 2.18 bits per heavy atom. The molecular formula is C43H42ClN7O6. The zero-order valence-electron chi connectivity index (χ0n) is 31.6. The summed E-state index contributed by atoms with van der Waals surface area (Å²) in [5, 5.41) is 2.71. The maximum absolute atomic E-state index is 13.4. The number of hydrogen-bond acceptors (Lipinski definition) is 9. The summed E-state index contributed by atoms with van der Waals surface area (Å²) in [5.41, 5.74) is 5.70. The number of piperidine rings is 2. The molecule has 0 aliphatic carbocycles. The molecule has 6 aliphatic rings. The lowest BCUT2D eigenvalue weighted by molar-refractivity contribution is -0.138. The molecule has 4 fully saturated rings. The molecular weight excluding hydrogens is 746 g/mol. The van der Waals surface area contributed by atoms with E-state index in [2.05, 4.69) is 26.9 Å². The van der Waals surface area contributed by atoms with E-state index in [4.69, 9.17) is 18.2 Å². The van der Waals surface area contributed by atoms with Crippen molar-refractivity contribution >= 4 is 64.0 Å². The van der Waals surface area contributed by atoms with Crippen LogP contribution in [0.5, 0.6) is 0 Å². The fourth-order valence-corrected chi connectivity index (χ4v) is 10.0. The Morgan fingerprint density at radius 1 is 0.912 bits per heavy atom. The molecule has 1 N–H and O–H groups in total. The molecule has 14 heteroatoms. The number of halogens is 1. The number of hydrogen-bond donors (Lipinski definition) is 1. The average molecular weight is 788 g/mol. The molecule has 4 saturated heterocycles. The number of benzene rings is 3. The Balaban J connectivity index is 0.744. The Hall–Kier alpha value is -5.58. The van der Waals surface area contributed by atoms with Gasteiger partial charge in [0.25, 0.3) is 11.8 Å².